The van der Waals surface area contributed by atoms with Crippen LogP contribution in [-0.4, -0.2) is 56.8 Å². The molecule has 1 aliphatic heterocycles. The summed E-state index contributed by atoms with van der Waals surface area (Å²) in [7, 11) is 0.685. The molecule has 1 aromatic carbocycles. The normalized spacial score (nSPS) is 19.1. The van der Waals surface area contributed by atoms with E-state index in [1.54, 1.807) is 11.3 Å². The summed E-state index contributed by atoms with van der Waals surface area (Å²) >= 11 is 5.47. The van der Waals surface area contributed by atoms with Crippen molar-refractivity contribution in [2.24, 2.45) is 5.41 Å². The Hall–Kier alpha value is -2.08. The maximum absolute atomic E-state index is 13.3. The number of benzene rings is 1. The molecule has 0 unspecified atom stereocenters. The van der Waals surface area contributed by atoms with E-state index in [-0.39, 0.29) is 18.9 Å². The fourth-order valence-corrected chi connectivity index (χ4v) is 5.06. The first-order valence-electron chi connectivity index (χ1n) is 10.9. The molecule has 2 heterocycles. The fraction of sp³-hybridized carbons (Fsp3) is 0.478. The van der Waals surface area contributed by atoms with E-state index in [0.717, 1.165) is 21.7 Å². The summed E-state index contributed by atoms with van der Waals surface area (Å²) in [5, 5.41) is 15.3. The summed E-state index contributed by atoms with van der Waals surface area (Å²) in [6.07, 6.45) is -0.662. The SMILES string of the molecule is Cc1ncsc1-c1ccc(CNC(=O)[C@@H]2C[C@@H](O)CN2C(=O)[C@@H](NC(=O)SS)C(C)(C)C)cc1. The third kappa shape index (κ3) is 6.32. The third-order valence-corrected chi connectivity index (χ3v) is 7.51. The summed E-state index contributed by atoms with van der Waals surface area (Å²) in [6.45, 7) is 7.80. The van der Waals surface area contributed by atoms with Crippen LogP contribution in [0.3, 0.4) is 0 Å². The minimum absolute atomic E-state index is 0.0380. The summed E-state index contributed by atoms with van der Waals surface area (Å²) in [4.78, 5) is 45.0. The zero-order chi connectivity index (χ0) is 25.0. The van der Waals surface area contributed by atoms with E-state index in [9.17, 15) is 19.5 Å². The van der Waals surface area contributed by atoms with Gasteiger partial charge in [-0.05, 0) is 23.5 Å². The topological polar surface area (TPSA) is 112 Å². The van der Waals surface area contributed by atoms with Crippen LogP contribution in [-0.2, 0) is 16.1 Å². The molecule has 3 N–H and O–H groups in total. The molecule has 1 aromatic heterocycles. The maximum Gasteiger partial charge on any atom is 0.290 e. The van der Waals surface area contributed by atoms with E-state index in [2.05, 4.69) is 27.3 Å². The molecule has 3 atom stereocenters. The maximum atomic E-state index is 13.3. The Labute approximate surface area is 212 Å². The lowest BCUT2D eigenvalue weighted by Gasteiger charge is -2.35. The van der Waals surface area contributed by atoms with Gasteiger partial charge in [-0.2, -0.15) is 0 Å². The molecule has 0 aliphatic carbocycles. The van der Waals surface area contributed by atoms with Crippen LogP contribution in [0.4, 0.5) is 4.79 Å². The van der Waals surface area contributed by atoms with Gasteiger partial charge >= 0.3 is 0 Å². The van der Waals surface area contributed by atoms with Gasteiger partial charge in [0.05, 0.1) is 22.2 Å². The zero-order valence-electron chi connectivity index (χ0n) is 19.6. The highest BCUT2D eigenvalue weighted by Gasteiger charge is 2.44. The Bertz CT molecular complexity index is 1040. The van der Waals surface area contributed by atoms with Gasteiger partial charge in [-0.1, -0.05) is 45.0 Å². The summed E-state index contributed by atoms with van der Waals surface area (Å²) in [6, 6.07) is 6.21. The average molecular weight is 523 g/mol. The predicted octanol–water partition coefficient (Wildman–Crippen LogP) is 3.40. The van der Waals surface area contributed by atoms with Gasteiger partial charge in [0.1, 0.15) is 12.1 Å². The first-order valence-corrected chi connectivity index (χ1v) is 13.6. The minimum atomic E-state index is -0.858. The quantitative estimate of drug-likeness (QED) is 0.342. The second-order valence-electron chi connectivity index (χ2n) is 9.40. The summed E-state index contributed by atoms with van der Waals surface area (Å²) < 4.78 is 0. The Morgan fingerprint density at radius 3 is 2.53 bits per heavy atom. The number of aliphatic hydroxyl groups excluding tert-OH is 1. The molecule has 2 aromatic rings. The molecule has 0 spiro atoms. The molecule has 0 saturated carbocycles. The second kappa shape index (κ2) is 11.1. The minimum Gasteiger partial charge on any atom is -0.391 e. The van der Waals surface area contributed by atoms with E-state index < -0.39 is 34.7 Å². The number of hydrogen-bond donors (Lipinski definition) is 4. The number of thiol groups is 1. The van der Waals surface area contributed by atoms with Crippen molar-refractivity contribution in [2.45, 2.75) is 58.8 Å². The zero-order valence-corrected chi connectivity index (χ0v) is 22.1. The number of thiazole rings is 1. The molecule has 0 bridgehead atoms. The summed E-state index contributed by atoms with van der Waals surface area (Å²) in [5.74, 6) is -0.737. The van der Waals surface area contributed by atoms with Crippen LogP contribution in [0.15, 0.2) is 29.8 Å². The molecule has 34 heavy (non-hydrogen) atoms. The van der Waals surface area contributed by atoms with Crippen molar-refractivity contribution in [1.29, 1.82) is 0 Å². The molecule has 184 valence electrons. The Kier molecular flexibility index (Phi) is 8.66. The molecular formula is C23H30N4O4S3. The van der Waals surface area contributed by atoms with E-state index in [1.165, 1.54) is 4.90 Å². The number of aromatic nitrogens is 1. The van der Waals surface area contributed by atoms with Crippen molar-refractivity contribution in [3.05, 3.63) is 41.0 Å². The largest absolute Gasteiger partial charge is 0.391 e. The van der Waals surface area contributed by atoms with Crippen LogP contribution in [0.25, 0.3) is 10.4 Å². The van der Waals surface area contributed by atoms with E-state index in [4.69, 9.17) is 0 Å². The van der Waals surface area contributed by atoms with Crippen molar-refractivity contribution in [1.82, 2.24) is 20.5 Å². The van der Waals surface area contributed by atoms with Gasteiger partial charge in [0.25, 0.3) is 5.24 Å². The molecule has 0 radical (unpaired) electrons. The predicted molar refractivity (Wildman–Crippen MR) is 139 cm³/mol. The molecule has 1 fully saturated rings. The summed E-state index contributed by atoms with van der Waals surface area (Å²) in [5.41, 5.74) is 4.19. The second-order valence-corrected chi connectivity index (χ2v) is 11.4. The number of carbonyl (C=O) groups excluding carboxylic acids is 3. The number of carbonyl (C=O) groups is 3. The third-order valence-electron chi connectivity index (χ3n) is 5.75. The number of hydrogen-bond acceptors (Lipinski definition) is 8. The highest BCUT2D eigenvalue weighted by atomic mass is 33.1. The molecule has 1 saturated heterocycles. The highest BCUT2D eigenvalue weighted by molar-refractivity contribution is 8.74. The standard InChI is InChI=1S/C23H30N4O4S3/c1-13-18(33-12-25-13)15-7-5-14(6-8-15)10-24-20(29)17-9-16(28)11-27(17)21(30)19(23(2,3)4)26-22(31)34-32/h5-8,12,16-17,19,28,32H,9-11H2,1-4H3,(H,24,29)(H,26,31)/t16-,17+,19-/m1/s1. The van der Waals surface area contributed by atoms with Crippen molar-refractivity contribution in [3.63, 3.8) is 0 Å². The van der Waals surface area contributed by atoms with Crippen molar-refractivity contribution >= 4 is 50.8 Å². The number of nitrogens with one attached hydrogen (secondary N) is 2. The number of aryl methyl sites for hydroxylation is 1. The lowest BCUT2D eigenvalue weighted by Crippen LogP contribution is -2.57. The molecular weight excluding hydrogens is 492 g/mol. The van der Waals surface area contributed by atoms with Gasteiger partial charge in [-0.15, -0.1) is 23.0 Å². The number of β-amino-alcohol motifs (C(OH)–C–C–N with tert-alkyl or cyclic N) is 1. The average Bonchev–Trinajstić information content (AvgIpc) is 3.40. The molecule has 8 nitrogen and oxygen atoms in total. The Balaban J connectivity index is 1.67. The van der Waals surface area contributed by atoms with E-state index >= 15 is 0 Å². The molecule has 3 amide bonds. The number of nitrogens with zero attached hydrogens (tertiary/aromatic N) is 2. The Morgan fingerprint density at radius 1 is 1.29 bits per heavy atom. The van der Waals surface area contributed by atoms with Crippen molar-refractivity contribution < 1.29 is 19.5 Å². The van der Waals surface area contributed by atoms with Gasteiger partial charge in [-0.3, -0.25) is 14.4 Å². The van der Waals surface area contributed by atoms with Gasteiger partial charge in [-0.25, -0.2) is 4.98 Å². The number of aliphatic hydroxyl groups is 1. The smallest absolute Gasteiger partial charge is 0.290 e. The van der Waals surface area contributed by atoms with Crippen LogP contribution in [0.2, 0.25) is 0 Å². The van der Waals surface area contributed by atoms with Crippen LogP contribution in [0, 0.1) is 12.3 Å². The highest BCUT2D eigenvalue weighted by Crippen LogP contribution is 2.28. The molecule has 1 aliphatic rings. The first kappa shape index (κ1) is 26.5. The van der Waals surface area contributed by atoms with Crippen LogP contribution in [0.5, 0.6) is 0 Å². The lowest BCUT2D eigenvalue weighted by molar-refractivity contribution is -0.141. The van der Waals surface area contributed by atoms with Gasteiger partial charge in [0.15, 0.2) is 0 Å². The Morgan fingerprint density at radius 2 is 1.97 bits per heavy atom. The fourth-order valence-electron chi connectivity index (χ4n) is 3.92. The monoisotopic (exact) mass is 522 g/mol. The molecule has 3 rings (SSSR count). The van der Waals surface area contributed by atoms with Crippen LogP contribution in [0.1, 0.15) is 38.4 Å². The van der Waals surface area contributed by atoms with Crippen LogP contribution < -0.4 is 10.6 Å². The van der Waals surface area contributed by atoms with Gasteiger partial charge in [0.2, 0.25) is 11.8 Å². The molecule has 11 heteroatoms. The van der Waals surface area contributed by atoms with Gasteiger partial charge in [0, 0.05) is 30.3 Å². The van der Waals surface area contributed by atoms with Crippen LogP contribution >= 0.6 is 33.8 Å². The van der Waals surface area contributed by atoms with Crippen molar-refractivity contribution in [2.75, 3.05) is 6.54 Å². The number of amides is 3. The lowest BCUT2D eigenvalue weighted by atomic mass is 9.85. The van der Waals surface area contributed by atoms with E-state index in [0.29, 0.717) is 17.3 Å². The first-order chi connectivity index (χ1) is 16.0. The van der Waals surface area contributed by atoms with Crippen molar-refractivity contribution in [3.8, 4) is 10.4 Å². The number of likely N-dealkylation sites (tertiary alicyclic amines) is 1. The van der Waals surface area contributed by atoms with E-state index in [1.807, 2.05) is 57.5 Å². The van der Waals surface area contributed by atoms with Gasteiger partial charge < -0.3 is 20.6 Å². The number of rotatable bonds is 6.